The number of amides is 1. The molecule has 0 saturated heterocycles. The van der Waals surface area contributed by atoms with Gasteiger partial charge in [0.1, 0.15) is 0 Å². The van der Waals surface area contributed by atoms with E-state index in [9.17, 15) is 4.79 Å². The van der Waals surface area contributed by atoms with E-state index in [2.05, 4.69) is 29.5 Å². The van der Waals surface area contributed by atoms with Gasteiger partial charge in [-0.15, -0.1) is 22.7 Å². The van der Waals surface area contributed by atoms with Crippen LogP contribution in [0.1, 0.15) is 52.1 Å². The molecule has 1 amide bonds. The maximum Gasteiger partial charge on any atom is 0.252 e. The van der Waals surface area contributed by atoms with Crippen molar-refractivity contribution in [1.82, 2.24) is 10.3 Å². The molecule has 20 heavy (non-hydrogen) atoms. The molecule has 1 N–H and O–H groups in total. The second kappa shape index (κ2) is 6.99. The van der Waals surface area contributed by atoms with Gasteiger partial charge in [-0.3, -0.25) is 4.79 Å². The van der Waals surface area contributed by atoms with Crippen molar-refractivity contribution in [3.05, 3.63) is 38.0 Å². The average Bonchev–Trinajstić information content (AvgIpc) is 3.03. The Labute approximate surface area is 128 Å². The summed E-state index contributed by atoms with van der Waals surface area (Å²) in [6, 6.07) is 1.99. The molecule has 0 aliphatic heterocycles. The molecular weight excluding hydrogens is 288 g/mol. The number of nitrogens with zero attached hydrogens (tertiary/aromatic N) is 1. The van der Waals surface area contributed by atoms with E-state index in [1.807, 2.05) is 18.4 Å². The van der Waals surface area contributed by atoms with Crippen LogP contribution >= 0.6 is 22.7 Å². The van der Waals surface area contributed by atoms with Crippen LogP contribution < -0.4 is 5.32 Å². The summed E-state index contributed by atoms with van der Waals surface area (Å²) in [7, 11) is 0. The zero-order valence-corrected chi connectivity index (χ0v) is 13.7. The molecule has 2 aromatic rings. The Morgan fingerprint density at radius 1 is 1.35 bits per heavy atom. The van der Waals surface area contributed by atoms with Crippen LogP contribution in [0.2, 0.25) is 0 Å². The van der Waals surface area contributed by atoms with E-state index in [4.69, 9.17) is 0 Å². The van der Waals surface area contributed by atoms with Crippen molar-refractivity contribution in [2.24, 2.45) is 0 Å². The number of aromatic nitrogens is 1. The normalized spacial score (nSPS) is 11.0. The molecule has 0 atom stereocenters. The highest BCUT2D eigenvalue weighted by Crippen LogP contribution is 2.22. The van der Waals surface area contributed by atoms with Crippen molar-refractivity contribution in [2.75, 3.05) is 6.54 Å². The Bertz CT molecular complexity index is 572. The molecule has 5 heteroatoms. The molecule has 0 unspecified atom stereocenters. The van der Waals surface area contributed by atoms with Crippen molar-refractivity contribution in [3.63, 3.8) is 0 Å². The molecule has 0 aromatic carbocycles. The standard InChI is InChI=1S/C15H20N2OS2/c1-10(2)13-7-12(9-19-13)15(18)16-6-4-5-14-17-11(3)8-20-14/h7-10H,4-6H2,1-3H3,(H,16,18). The first-order valence-corrected chi connectivity index (χ1v) is 8.60. The van der Waals surface area contributed by atoms with E-state index >= 15 is 0 Å². The van der Waals surface area contributed by atoms with Crippen LogP contribution in [0.25, 0.3) is 0 Å². The third kappa shape index (κ3) is 4.15. The Kier molecular flexibility index (Phi) is 5.31. The fraction of sp³-hybridized carbons (Fsp3) is 0.467. The van der Waals surface area contributed by atoms with Gasteiger partial charge in [0.2, 0.25) is 0 Å². The molecule has 108 valence electrons. The minimum Gasteiger partial charge on any atom is -0.352 e. The number of thiophene rings is 1. The molecule has 0 bridgehead atoms. The SMILES string of the molecule is Cc1csc(CCCNC(=O)c2csc(C(C)C)c2)n1. The summed E-state index contributed by atoms with van der Waals surface area (Å²) in [5, 5.41) is 8.12. The second-order valence-corrected chi connectivity index (χ2v) is 7.02. The smallest absolute Gasteiger partial charge is 0.252 e. The Balaban J connectivity index is 1.74. The number of nitrogens with one attached hydrogen (secondary N) is 1. The molecule has 0 radical (unpaired) electrons. The lowest BCUT2D eigenvalue weighted by atomic mass is 10.1. The van der Waals surface area contributed by atoms with Crippen LogP contribution in [0.3, 0.4) is 0 Å². The van der Waals surface area contributed by atoms with Gasteiger partial charge in [0.15, 0.2) is 0 Å². The number of hydrogen-bond donors (Lipinski definition) is 1. The molecule has 2 rings (SSSR count). The summed E-state index contributed by atoms with van der Waals surface area (Å²) in [4.78, 5) is 17.7. The third-order valence-corrected chi connectivity index (χ3v) is 5.23. The summed E-state index contributed by atoms with van der Waals surface area (Å²) in [5.41, 5.74) is 1.86. The maximum absolute atomic E-state index is 12.0. The van der Waals surface area contributed by atoms with Gasteiger partial charge in [0.25, 0.3) is 5.91 Å². The highest BCUT2D eigenvalue weighted by Gasteiger charge is 2.10. The Hall–Kier alpha value is -1.20. The first-order valence-electron chi connectivity index (χ1n) is 6.84. The third-order valence-electron chi connectivity index (χ3n) is 2.97. The molecule has 0 saturated carbocycles. The first-order chi connectivity index (χ1) is 9.56. The van der Waals surface area contributed by atoms with Gasteiger partial charge in [-0.2, -0.15) is 0 Å². The van der Waals surface area contributed by atoms with Gasteiger partial charge < -0.3 is 5.32 Å². The largest absolute Gasteiger partial charge is 0.352 e. The highest BCUT2D eigenvalue weighted by molar-refractivity contribution is 7.10. The van der Waals surface area contributed by atoms with Gasteiger partial charge in [-0.25, -0.2) is 4.98 Å². The predicted molar refractivity (Wildman–Crippen MR) is 85.9 cm³/mol. The second-order valence-electron chi connectivity index (χ2n) is 5.13. The Morgan fingerprint density at radius 3 is 2.75 bits per heavy atom. The molecule has 0 aliphatic carbocycles. The number of carbonyl (C=O) groups excluding carboxylic acids is 1. The van der Waals surface area contributed by atoms with Crippen molar-refractivity contribution < 1.29 is 4.79 Å². The van der Waals surface area contributed by atoms with E-state index in [0.29, 0.717) is 12.5 Å². The lowest BCUT2D eigenvalue weighted by Gasteiger charge is -2.02. The minimum absolute atomic E-state index is 0.0310. The van der Waals surface area contributed by atoms with Gasteiger partial charge in [-0.05, 0) is 25.3 Å². The van der Waals surface area contributed by atoms with Crippen LogP contribution in [0.5, 0.6) is 0 Å². The van der Waals surface area contributed by atoms with Gasteiger partial charge in [0, 0.05) is 34.3 Å². The van der Waals surface area contributed by atoms with E-state index in [-0.39, 0.29) is 5.91 Å². The van der Waals surface area contributed by atoms with Crippen molar-refractivity contribution in [3.8, 4) is 0 Å². The molecule has 2 aromatic heterocycles. The average molecular weight is 308 g/mol. The van der Waals surface area contributed by atoms with Crippen LogP contribution in [0.15, 0.2) is 16.8 Å². The summed E-state index contributed by atoms with van der Waals surface area (Å²) in [6.45, 7) is 6.99. The van der Waals surface area contributed by atoms with Crippen LogP contribution in [0.4, 0.5) is 0 Å². The summed E-state index contributed by atoms with van der Waals surface area (Å²) in [6.07, 6.45) is 1.86. The lowest BCUT2D eigenvalue weighted by Crippen LogP contribution is -2.24. The number of hydrogen-bond acceptors (Lipinski definition) is 4. The highest BCUT2D eigenvalue weighted by atomic mass is 32.1. The molecule has 0 spiro atoms. The predicted octanol–water partition coefficient (Wildman–Crippen LogP) is 4.00. The summed E-state index contributed by atoms with van der Waals surface area (Å²) >= 11 is 3.34. The van der Waals surface area contributed by atoms with E-state index in [1.165, 1.54) is 4.88 Å². The van der Waals surface area contributed by atoms with E-state index in [0.717, 1.165) is 29.1 Å². The zero-order valence-electron chi connectivity index (χ0n) is 12.1. The first kappa shape index (κ1) is 15.2. The fourth-order valence-electron chi connectivity index (χ4n) is 1.84. The molecule has 0 fully saturated rings. The van der Waals surface area contributed by atoms with Gasteiger partial charge in [0.05, 0.1) is 10.6 Å². The number of aryl methyl sites for hydroxylation is 2. The zero-order chi connectivity index (χ0) is 14.5. The quantitative estimate of drug-likeness (QED) is 0.820. The lowest BCUT2D eigenvalue weighted by molar-refractivity contribution is 0.0953. The molecular formula is C15H20N2OS2. The topological polar surface area (TPSA) is 42.0 Å². The fourth-order valence-corrected chi connectivity index (χ4v) is 3.56. The van der Waals surface area contributed by atoms with Crippen molar-refractivity contribution in [2.45, 2.75) is 39.5 Å². The van der Waals surface area contributed by atoms with E-state index in [1.54, 1.807) is 22.7 Å². The molecule has 3 nitrogen and oxygen atoms in total. The monoisotopic (exact) mass is 308 g/mol. The Morgan fingerprint density at radius 2 is 2.15 bits per heavy atom. The van der Waals surface area contributed by atoms with Crippen LogP contribution in [-0.2, 0) is 6.42 Å². The number of rotatable bonds is 6. The molecule has 0 aliphatic rings. The van der Waals surface area contributed by atoms with Gasteiger partial charge in [-0.1, -0.05) is 13.8 Å². The van der Waals surface area contributed by atoms with Crippen LogP contribution in [-0.4, -0.2) is 17.4 Å². The summed E-state index contributed by atoms with van der Waals surface area (Å²) in [5.74, 6) is 0.512. The summed E-state index contributed by atoms with van der Waals surface area (Å²) < 4.78 is 0. The minimum atomic E-state index is 0.0310. The van der Waals surface area contributed by atoms with Crippen molar-refractivity contribution in [1.29, 1.82) is 0 Å². The van der Waals surface area contributed by atoms with E-state index < -0.39 is 0 Å². The van der Waals surface area contributed by atoms with Gasteiger partial charge >= 0.3 is 0 Å². The number of thiazole rings is 1. The molecule has 2 heterocycles. The van der Waals surface area contributed by atoms with Crippen molar-refractivity contribution >= 4 is 28.6 Å². The number of carbonyl (C=O) groups is 1. The maximum atomic E-state index is 12.0. The van der Waals surface area contributed by atoms with Crippen LogP contribution in [0, 0.1) is 6.92 Å².